The molecule has 8 nitrogen and oxygen atoms in total. The molecule has 1 fully saturated rings. The summed E-state index contributed by atoms with van der Waals surface area (Å²) in [5.41, 5.74) is 0.497. The van der Waals surface area contributed by atoms with Crippen molar-refractivity contribution in [3.8, 4) is 0 Å². The second kappa shape index (κ2) is 9.44. The Balaban J connectivity index is 1.52. The Morgan fingerprint density at radius 2 is 1.77 bits per heavy atom. The zero-order valence-electron chi connectivity index (χ0n) is 17.1. The third-order valence-electron chi connectivity index (χ3n) is 4.99. The number of nitrogens with one attached hydrogen (secondary N) is 2. The van der Waals surface area contributed by atoms with Gasteiger partial charge in [0.2, 0.25) is 15.9 Å². The van der Waals surface area contributed by atoms with Gasteiger partial charge in [-0.15, -0.1) is 0 Å². The Morgan fingerprint density at radius 1 is 1.10 bits per heavy atom. The van der Waals surface area contributed by atoms with Crippen LogP contribution in [0, 0.1) is 11.8 Å². The molecule has 0 radical (unpaired) electrons. The molecule has 2 atom stereocenters. The van der Waals surface area contributed by atoms with Gasteiger partial charge in [0.05, 0.1) is 11.2 Å². The van der Waals surface area contributed by atoms with Crippen LogP contribution in [0.15, 0.2) is 52.0 Å². The number of furan rings is 1. The van der Waals surface area contributed by atoms with E-state index < -0.39 is 10.0 Å². The highest BCUT2D eigenvalue weighted by molar-refractivity contribution is 7.89. The number of benzene rings is 1. The molecule has 2 aromatic rings. The molecule has 9 heteroatoms. The van der Waals surface area contributed by atoms with Crippen molar-refractivity contribution in [3.63, 3.8) is 0 Å². The second-order valence-electron chi connectivity index (χ2n) is 7.82. The van der Waals surface area contributed by atoms with Gasteiger partial charge >= 0.3 is 0 Å². The van der Waals surface area contributed by atoms with Gasteiger partial charge in [-0.2, -0.15) is 4.31 Å². The fraction of sp³-hybridized carbons (Fsp3) is 0.429. The number of hydrogen-bond acceptors (Lipinski definition) is 5. The van der Waals surface area contributed by atoms with Gasteiger partial charge in [-0.1, -0.05) is 13.8 Å². The van der Waals surface area contributed by atoms with Gasteiger partial charge < -0.3 is 15.1 Å². The van der Waals surface area contributed by atoms with E-state index in [1.807, 2.05) is 0 Å². The molecule has 1 aliphatic rings. The van der Waals surface area contributed by atoms with E-state index in [4.69, 9.17) is 4.42 Å². The summed E-state index contributed by atoms with van der Waals surface area (Å²) in [6.07, 6.45) is 2.51. The van der Waals surface area contributed by atoms with Crippen LogP contribution in [0.25, 0.3) is 0 Å². The third kappa shape index (κ3) is 5.48. The molecule has 2 amide bonds. The average Bonchev–Trinajstić information content (AvgIpc) is 3.22. The Kier molecular flexibility index (Phi) is 6.94. The molecular formula is C21H27N3O5S. The van der Waals surface area contributed by atoms with E-state index in [1.54, 1.807) is 22.5 Å². The Labute approximate surface area is 176 Å². The fourth-order valence-electron chi connectivity index (χ4n) is 3.67. The lowest BCUT2D eigenvalue weighted by atomic mass is 9.94. The summed E-state index contributed by atoms with van der Waals surface area (Å²) in [6, 6.07) is 9.31. The lowest BCUT2D eigenvalue weighted by molar-refractivity contribution is -0.116. The molecule has 0 unspecified atom stereocenters. The number of amides is 2. The van der Waals surface area contributed by atoms with Crippen molar-refractivity contribution in [3.05, 3.63) is 48.4 Å². The second-order valence-corrected chi connectivity index (χ2v) is 9.76. The third-order valence-corrected chi connectivity index (χ3v) is 6.84. The predicted octanol–water partition coefficient (Wildman–Crippen LogP) is 2.70. The Bertz CT molecular complexity index is 961. The molecule has 2 N–H and O–H groups in total. The summed E-state index contributed by atoms with van der Waals surface area (Å²) in [6.45, 7) is 5.33. The molecule has 0 aliphatic carbocycles. The summed E-state index contributed by atoms with van der Waals surface area (Å²) >= 11 is 0. The van der Waals surface area contributed by atoms with E-state index in [0.717, 1.165) is 6.42 Å². The molecule has 1 saturated heterocycles. The minimum Gasteiger partial charge on any atom is -0.459 e. The van der Waals surface area contributed by atoms with E-state index in [1.165, 1.54) is 24.5 Å². The molecule has 30 heavy (non-hydrogen) atoms. The average molecular weight is 434 g/mol. The summed E-state index contributed by atoms with van der Waals surface area (Å²) in [5, 5.41) is 5.30. The van der Waals surface area contributed by atoms with Gasteiger partial charge in [0, 0.05) is 31.7 Å². The van der Waals surface area contributed by atoms with E-state index in [2.05, 4.69) is 24.5 Å². The van der Waals surface area contributed by atoms with Crippen molar-refractivity contribution >= 4 is 27.5 Å². The standard InChI is InChI=1S/C21H27N3O5S/c1-15-12-16(2)14-24(13-15)30(27,28)18-7-5-17(6-8-18)23-20(25)9-10-22-21(26)19-4-3-11-29-19/h3-8,11,15-16H,9-10,12-14H2,1-2H3,(H,22,26)(H,23,25)/t15-,16-/m1/s1. The summed E-state index contributed by atoms with van der Waals surface area (Å²) in [4.78, 5) is 24.0. The SMILES string of the molecule is C[C@@H]1C[C@@H](C)CN(S(=O)(=O)c2ccc(NC(=O)CCNC(=O)c3ccco3)cc2)C1. The van der Waals surface area contributed by atoms with E-state index >= 15 is 0 Å². The zero-order valence-corrected chi connectivity index (χ0v) is 17.9. The van der Waals surface area contributed by atoms with E-state index in [0.29, 0.717) is 30.6 Å². The first-order valence-corrected chi connectivity index (χ1v) is 11.4. The topological polar surface area (TPSA) is 109 Å². The van der Waals surface area contributed by atoms with Gasteiger partial charge in [0.1, 0.15) is 0 Å². The summed E-state index contributed by atoms with van der Waals surface area (Å²) < 4.78 is 32.3. The first kappa shape index (κ1) is 22.0. The summed E-state index contributed by atoms with van der Waals surface area (Å²) in [5.74, 6) is 0.170. The quantitative estimate of drug-likeness (QED) is 0.698. The number of sulfonamides is 1. The lowest BCUT2D eigenvalue weighted by Gasteiger charge is -2.34. The highest BCUT2D eigenvalue weighted by atomic mass is 32.2. The lowest BCUT2D eigenvalue weighted by Crippen LogP contribution is -2.42. The molecule has 0 saturated carbocycles. The van der Waals surface area contributed by atoms with Gasteiger partial charge in [0.15, 0.2) is 5.76 Å². The van der Waals surface area contributed by atoms with Crippen molar-refractivity contribution < 1.29 is 22.4 Å². The molecule has 0 spiro atoms. The highest BCUT2D eigenvalue weighted by Gasteiger charge is 2.31. The number of carbonyl (C=O) groups excluding carboxylic acids is 2. The van der Waals surface area contributed by atoms with E-state index in [-0.39, 0.29) is 35.4 Å². The van der Waals surface area contributed by atoms with Crippen molar-refractivity contribution in [1.82, 2.24) is 9.62 Å². The van der Waals surface area contributed by atoms with Gasteiger partial charge in [0.25, 0.3) is 5.91 Å². The van der Waals surface area contributed by atoms with Gasteiger partial charge in [-0.05, 0) is 54.7 Å². The number of anilines is 1. The largest absolute Gasteiger partial charge is 0.459 e. The number of carbonyl (C=O) groups is 2. The number of hydrogen-bond donors (Lipinski definition) is 2. The Morgan fingerprint density at radius 3 is 2.37 bits per heavy atom. The van der Waals surface area contributed by atoms with Crippen molar-refractivity contribution in [2.75, 3.05) is 25.0 Å². The minimum atomic E-state index is -3.55. The first-order valence-electron chi connectivity index (χ1n) is 9.97. The maximum Gasteiger partial charge on any atom is 0.286 e. The number of rotatable bonds is 7. The van der Waals surface area contributed by atoms with Crippen LogP contribution in [0.2, 0.25) is 0 Å². The van der Waals surface area contributed by atoms with Crippen LogP contribution >= 0.6 is 0 Å². The molecular weight excluding hydrogens is 406 g/mol. The normalized spacial score (nSPS) is 19.9. The van der Waals surface area contributed by atoms with Crippen LogP contribution in [0.4, 0.5) is 5.69 Å². The maximum atomic E-state index is 12.9. The zero-order chi connectivity index (χ0) is 21.7. The van der Waals surface area contributed by atoms with Crippen molar-refractivity contribution in [2.45, 2.75) is 31.6 Å². The monoisotopic (exact) mass is 433 g/mol. The van der Waals surface area contributed by atoms with Crippen LogP contribution in [0.1, 0.15) is 37.2 Å². The smallest absolute Gasteiger partial charge is 0.286 e. The van der Waals surface area contributed by atoms with E-state index in [9.17, 15) is 18.0 Å². The first-order chi connectivity index (χ1) is 14.3. The minimum absolute atomic E-state index is 0.0794. The number of piperidine rings is 1. The molecule has 1 aromatic carbocycles. The predicted molar refractivity (Wildman–Crippen MR) is 112 cm³/mol. The fourth-order valence-corrected chi connectivity index (χ4v) is 5.35. The number of nitrogens with zero attached hydrogens (tertiary/aromatic N) is 1. The van der Waals surface area contributed by atoms with Crippen LogP contribution in [0.5, 0.6) is 0 Å². The van der Waals surface area contributed by atoms with Crippen LogP contribution < -0.4 is 10.6 Å². The molecule has 2 heterocycles. The molecule has 0 bridgehead atoms. The molecule has 1 aromatic heterocycles. The van der Waals surface area contributed by atoms with Crippen molar-refractivity contribution in [1.29, 1.82) is 0 Å². The summed E-state index contributed by atoms with van der Waals surface area (Å²) in [7, 11) is -3.55. The molecule has 3 rings (SSSR count). The molecule has 1 aliphatic heterocycles. The van der Waals surface area contributed by atoms with Gasteiger partial charge in [-0.25, -0.2) is 8.42 Å². The maximum absolute atomic E-state index is 12.9. The Hall–Kier alpha value is -2.65. The van der Waals surface area contributed by atoms with Crippen molar-refractivity contribution in [2.24, 2.45) is 11.8 Å². The molecule has 162 valence electrons. The van der Waals surface area contributed by atoms with Crippen LogP contribution in [-0.2, 0) is 14.8 Å². The van der Waals surface area contributed by atoms with Gasteiger partial charge in [-0.3, -0.25) is 9.59 Å². The van der Waals surface area contributed by atoms with Crippen LogP contribution in [0.3, 0.4) is 0 Å². The van der Waals surface area contributed by atoms with Crippen LogP contribution in [-0.4, -0.2) is 44.2 Å². The highest BCUT2D eigenvalue weighted by Crippen LogP contribution is 2.27.